The van der Waals surface area contributed by atoms with E-state index < -0.39 is 10.0 Å². The molecule has 0 aliphatic rings. The molecular weight excluding hydrogens is 388 g/mol. The van der Waals surface area contributed by atoms with Gasteiger partial charge in [-0.3, -0.25) is 9.52 Å². The Kier molecular flexibility index (Phi) is 6.15. The van der Waals surface area contributed by atoms with E-state index in [1.807, 2.05) is 0 Å². The fourth-order valence-corrected chi connectivity index (χ4v) is 4.54. The minimum atomic E-state index is -3.82. The van der Waals surface area contributed by atoms with E-state index in [-0.39, 0.29) is 33.1 Å². The second-order valence-corrected chi connectivity index (χ2v) is 8.41. The summed E-state index contributed by atoms with van der Waals surface area (Å²) in [6, 6.07) is 6.04. The second kappa shape index (κ2) is 7.94. The molecule has 1 aromatic heterocycles. The number of amides is 1. The van der Waals surface area contributed by atoms with E-state index in [1.165, 1.54) is 39.3 Å². The molecule has 1 heterocycles. The van der Waals surface area contributed by atoms with Gasteiger partial charge in [0.15, 0.2) is 0 Å². The topological polar surface area (TPSA) is 93.7 Å². The van der Waals surface area contributed by atoms with Gasteiger partial charge in [0.1, 0.15) is 15.7 Å². The molecule has 136 valence electrons. The molecule has 0 atom stereocenters. The van der Waals surface area contributed by atoms with Gasteiger partial charge in [-0.15, -0.1) is 11.3 Å². The van der Waals surface area contributed by atoms with Gasteiger partial charge in [0.05, 0.1) is 31.5 Å². The van der Waals surface area contributed by atoms with Gasteiger partial charge in [-0.25, -0.2) is 8.42 Å². The molecule has 2 rings (SSSR count). The minimum absolute atomic E-state index is 0.113. The van der Waals surface area contributed by atoms with Gasteiger partial charge >= 0.3 is 0 Å². The van der Waals surface area contributed by atoms with Crippen LogP contribution in [0.3, 0.4) is 0 Å². The van der Waals surface area contributed by atoms with Crippen molar-refractivity contribution in [2.24, 2.45) is 0 Å². The fourth-order valence-electron chi connectivity index (χ4n) is 1.94. The molecule has 7 nitrogen and oxygen atoms in total. The molecule has 1 aromatic carbocycles. The van der Waals surface area contributed by atoms with E-state index in [4.69, 9.17) is 21.1 Å². The van der Waals surface area contributed by atoms with Gasteiger partial charge in [0.25, 0.3) is 10.0 Å². The Balaban J connectivity index is 2.27. The highest BCUT2D eigenvalue weighted by Crippen LogP contribution is 2.37. The lowest BCUT2D eigenvalue weighted by Crippen LogP contribution is -2.18. The standard InChI is InChI=1S/C15H17ClN2O5S2/c1-9(19)17-8-10-4-5-15(24-10)25(20,21)18-12-6-11(16)13(22-2)7-14(12)23-3/h4-7,18H,8H2,1-3H3,(H,17,19). The zero-order chi connectivity index (χ0) is 18.6. The summed E-state index contributed by atoms with van der Waals surface area (Å²) in [6.45, 7) is 1.67. The van der Waals surface area contributed by atoms with Gasteiger partial charge in [-0.2, -0.15) is 0 Å². The van der Waals surface area contributed by atoms with Crippen LogP contribution in [-0.2, 0) is 21.4 Å². The zero-order valence-electron chi connectivity index (χ0n) is 13.8. The first kappa shape index (κ1) is 19.4. The first-order chi connectivity index (χ1) is 11.8. The number of halogens is 1. The number of ether oxygens (including phenoxy) is 2. The van der Waals surface area contributed by atoms with Gasteiger partial charge in [-0.1, -0.05) is 11.6 Å². The quantitative estimate of drug-likeness (QED) is 0.740. The summed E-state index contributed by atoms with van der Waals surface area (Å²) in [5.41, 5.74) is 0.199. The van der Waals surface area contributed by atoms with Crippen LogP contribution in [-0.4, -0.2) is 28.5 Å². The lowest BCUT2D eigenvalue weighted by atomic mass is 10.3. The molecule has 0 fully saturated rings. The van der Waals surface area contributed by atoms with Crippen molar-refractivity contribution in [3.8, 4) is 11.5 Å². The molecule has 10 heteroatoms. The van der Waals surface area contributed by atoms with Crippen LogP contribution >= 0.6 is 22.9 Å². The molecule has 0 saturated carbocycles. The Bertz CT molecular complexity index is 880. The number of hydrogen-bond donors (Lipinski definition) is 2. The lowest BCUT2D eigenvalue weighted by Gasteiger charge is -2.13. The first-order valence-electron chi connectivity index (χ1n) is 7.04. The van der Waals surface area contributed by atoms with Crippen LogP contribution in [0.15, 0.2) is 28.5 Å². The maximum Gasteiger partial charge on any atom is 0.271 e. The second-order valence-electron chi connectivity index (χ2n) is 4.92. The first-order valence-corrected chi connectivity index (χ1v) is 9.72. The predicted molar refractivity (Wildman–Crippen MR) is 97.2 cm³/mol. The van der Waals surface area contributed by atoms with Crippen LogP contribution in [0.5, 0.6) is 11.5 Å². The number of rotatable bonds is 7. The molecule has 25 heavy (non-hydrogen) atoms. The summed E-state index contributed by atoms with van der Waals surface area (Å²) in [6.07, 6.45) is 0. The maximum atomic E-state index is 12.6. The fraction of sp³-hybridized carbons (Fsp3) is 0.267. The van der Waals surface area contributed by atoms with E-state index in [0.717, 1.165) is 16.2 Å². The minimum Gasteiger partial charge on any atom is -0.495 e. The SMILES string of the molecule is COc1cc(OC)c(NS(=O)(=O)c2ccc(CNC(C)=O)s2)cc1Cl. The summed E-state index contributed by atoms with van der Waals surface area (Å²) < 4.78 is 38.0. The Morgan fingerprint density at radius 1 is 1.20 bits per heavy atom. The molecule has 0 bridgehead atoms. The van der Waals surface area contributed by atoms with Crippen molar-refractivity contribution in [2.45, 2.75) is 17.7 Å². The number of thiophene rings is 1. The zero-order valence-corrected chi connectivity index (χ0v) is 16.1. The molecule has 0 spiro atoms. The van der Waals surface area contributed by atoms with Gasteiger partial charge in [0.2, 0.25) is 5.91 Å². The Morgan fingerprint density at radius 3 is 2.48 bits per heavy atom. The van der Waals surface area contributed by atoms with E-state index in [2.05, 4.69) is 10.0 Å². The van der Waals surface area contributed by atoms with Gasteiger partial charge < -0.3 is 14.8 Å². The summed E-state index contributed by atoms with van der Waals surface area (Å²) in [5, 5.41) is 2.87. The van der Waals surface area contributed by atoms with Crippen molar-refractivity contribution in [1.29, 1.82) is 0 Å². The third-order valence-corrected chi connectivity index (χ3v) is 6.37. The predicted octanol–water partition coefficient (Wildman–Crippen LogP) is 2.86. The van der Waals surface area contributed by atoms with E-state index in [0.29, 0.717) is 5.75 Å². The number of nitrogens with one attached hydrogen (secondary N) is 2. The van der Waals surface area contributed by atoms with Crippen molar-refractivity contribution < 1.29 is 22.7 Å². The lowest BCUT2D eigenvalue weighted by molar-refractivity contribution is -0.119. The summed E-state index contributed by atoms with van der Waals surface area (Å²) >= 11 is 7.12. The summed E-state index contributed by atoms with van der Waals surface area (Å²) in [5.74, 6) is 0.462. The van der Waals surface area contributed by atoms with E-state index in [9.17, 15) is 13.2 Å². The smallest absolute Gasteiger partial charge is 0.271 e. The molecule has 1 amide bonds. The number of methoxy groups -OCH3 is 2. The largest absolute Gasteiger partial charge is 0.495 e. The molecule has 0 aliphatic heterocycles. The number of carbonyl (C=O) groups is 1. The number of sulfonamides is 1. The maximum absolute atomic E-state index is 12.6. The van der Waals surface area contributed by atoms with Crippen molar-refractivity contribution in [3.05, 3.63) is 34.2 Å². The average molecular weight is 405 g/mol. The van der Waals surface area contributed by atoms with Crippen LogP contribution in [0.1, 0.15) is 11.8 Å². The average Bonchev–Trinajstić information content (AvgIpc) is 3.03. The van der Waals surface area contributed by atoms with Crippen LogP contribution in [0, 0.1) is 0 Å². The molecule has 0 saturated heterocycles. The van der Waals surface area contributed by atoms with Crippen molar-refractivity contribution in [2.75, 3.05) is 18.9 Å². The molecule has 2 aromatic rings. The van der Waals surface area contributed by atoms with Crippen LogP contribution in [0.25, 0.3) is 0 Å². The van der Waals surface area contributed by atoms with Crippen molar-refractivity contribution >= 4 is 44.6 Å². The number of benzene rings is 1. The van der Waals surface area contributed by atoms with Crippen LogP contribution < -0.4 is 19.5 Å². The van der Waals surface area contributed by atoms with Crippen molar-refractivity contribution in [1.82, 2.24) is 5.32 Å². The summed E-state index contributed by atoms with van der Waals surface area (Å²) in [7, 11) is -0.959. The van der Waals surface area contributed by atoms with Crippen molar-refractivity contribution in [3.63, 3.8) is 0 Å². The Hall–Kier alpha value is -1.97. The Labute approximate surface area is 155 Å². The van der Waals surface area contributed by atoms with E-state index >= 15 is 0 Å². The third kappa shape index (κ3) is 4.77. The molecule has 0 radical (unpaired) electrons. The normalized spacial score (nSPS) is 11.0. The van der Waals surface area contributed by atoms with Gasteiger partial charge in [-0.05, 0) is 18.2 Å². The Morgan fingerprint density at radius 2 is 1.88 bits per heavy atom. The monoisotopic (exact) mass is 404 g/mol. The van der Waals surface area contributed by atoms with E-state index in [1.54, 1.807) is 6.07 Å². The molecular formula is C15H17ClN2O5S2. The highest BCUT2D eigenvalue weighted by atomic mass is 35.5. The molecule has 0 aliphatic carbocycles. The number of anilines is 1. The number of hydrogen-bond acceptors (Lipinski definition) is 6. The summed E-state index contributed by atoms with van der Waals surface area (Å²) in [4.78, 5) is 11.7. The van der Waals surface area contributed by atoms with Crippen LogP contribution in [0.4, 0.5) is 5.69 Å². The third-order valence-electron chi connectivity index (χ3n) is 3.13. The molecule has 0 unspecified atom stereocenters. The molecule has 2 N–H and O–H groups in total. The highest BCUT2D eigenvalue weighted by molar-refractivity contribution is 7.94. The van der Waals surface area contributed by atoms with Crippen LogP contribution in [0.2, 0.25) is 5.02 Å². The number of carbonyl (C=O) groups excluding carboxylic acids is 1. The van der Waals surface area contributed by atoms with Gasteiger partial charge in [0, 0.05) is 17.9 Å². The highest BCUT2D eigenvalue weighted by Gasteiger charge is 2.20.